The predicted molar refractivity (Wildman–Crippen MR) is 64.3 cm³/mol. The summed E-state index contributed by atoms with van der Waals surface area (Å²) in [6.07, 6.45) is 0.909. The summed E-state index contributed by atoms with van der Waals surface area (Å²) in [5.74, 6) is -0.744. The van der Waals surface area contributed by atoms with Crippen molar-refractivity contribution in [3.05, 3.63) is 29.3 Å². The van der Waals surface area contributed by atoms with Gasteiger partial charge in [-0.2, -0.15) is 0 Å². The second-order valence-corrected chi connectivity index (χ2v) is 4.67. The molecule has 1 N–H and O–H groups in total. The number of aryl methyl sites for hydroxylation is 1. The van der Waals surface area contributed by atoms with Gasteiger partial charge in [0.05, 0.1) is 17.3 Å². The quantitative estimate of drug-likeness (QED) is 0.729. The van der Waals surface area contributed by atoms with Crippen LogP contribution < -0.4 is 10.2 Å². The van der Waals surface area contributed by atoms with Crippen LogP contribution in [-0.4, -0.2) is 30.8 Å². The topological polar surface area (TPSA) is 49.4 Å². The summed E-state index contributed by atoms with van der Waals surface area (Å²) >= 11 is 0. The molecule has 0 radical (unpaired) electrons. The molecule has 2 heterocycles. The van der Waals surface area contributed by atoms with E-state index in [0.717, 1.165) is 30.8 Å². The molecule has 88 valence electrons. The third-order valence-corrected chi connectivity index (χ3v) is 3.47. The number of ketones is 1. The van der Waals surface area contributed by atoms with Crippen molar-refractivity contribution in [2.75, 3.05) is 18.0 Å². The molecule has 1 unspecified atom stereocenters. The van der Waals surface area contributed by atoms with Gasteiger partial charge in [-0.15, -0.1) is 0 Å². The van der Waals surface area contributed by atoms with Crippen LogP contribution in [0.5, 0.6) is 0 Å². The molecule has 1 aromatic carbocycles. The van der Waals surface area contributed by atoms with Gasteiger partial charge in [0, 0.05) is 6.54 Å². The fraction of sp³-hybridized carbons (Fsp3) is 0.385. The molecule has 3 rings (SSSR count). The second kappa shape index (κ2) is 3.67. The number of carbonyl (C=O) groups is 2. The highest BCUT2D eigenvalue weighted by molar-refractivity contribution is 6.52. The van der Waals surface area contributed by atoms with Gasteiger partial charge in [0.25, 0.3) is 11.7 Å². The Balaban J connectivity index is 2.08. The fourth-order valence-corrected chi connectivity index (χ4v) is 2.59. The largest absolute Gasteiger partial charge is 0.315 e. The number of Topliss-reactive ketones (excluding diaryl/α,β-unsaturated/α-hetero) is 1. The number of hydrogen-bond acceptors (Lipinski definition) is 3. The Bertz CT molecular complexity index is 504. The standard InChI is InChI=1S/C13H14N2O2/c1-8-2-3-10-11(6-8)15(13(17)12(10)16)9-4-5-14-7-9/h2-3,6,9,14H,4-5,7H2,1H3. The lowest BCUT2D eigenvalue weighted by molar-refractivity contribution is -0.114. The highest BCUT2D eigenvalue weighted by Crippen LogP contribution is 2.32. The molecule has 4 nitrogen and oxygen atoms in total. The summed E-state index contributed by atoms with van der Waals surface area (Å²) in [7, 11) is 0. The number of fused-ring (bicyclic) bond motifs is 1. The van der Waals surface area contributed by atoms with Crippen LogP contribution in [0.4, 0.5) is 5.69 Å². The van der Waals surface area contributed by atoms with E-state index in [2.05, 4.69) is 5.32 Å². The van der Waals surface area contributed by atoms with Crippen LogP contribution in [0.15, 0.2) is 18.2 Å². The van der Waals surface area contributed by atoms with E-state index < -0.39 is 0 Å². The highest BCUT2D eigenvalue weighted by atomic mass is 16.2. The average molecular weight is 230 g/mol. The first-order valence-corrected chi connectivity index (χ1v) is 5.88. The van der Waals surface area contributed by atoms with Crippen molar-refractivity contribution in [2.24, 2.45) is 0 Å². The highest BCUT2D eigenvalue weighted by Gasteiger charge is 2.40. The van der Waals surface area contributed by atoms with Gasteiger partial charge < -0.3 is 10.2 Å². The van der Waals surface area contributed by atoms with E-state index in [1.807, 2.05) is 19.1 Å². The molecule has 1 aromatic rings. The molecule has 1 amide bonds. The van der Waals surface area contributed by atoms with Gasteiger partial charge in [-0.25, -0.2) is 0 Å². The summed E-state index contributed by atoms with van der Waals surface area (Å²) in [5.41, 5.74) is 2.41. The first-order chi connectivity index (χ1) is 8.18. The molecular formula is C13H14N2O2. The minimum atomic E-state index is -0.376. The van der Waals surface area contributed by atoms with Gasteiger partial charge in [-0.1, -0.05) is 6.07 Å². The molecule has 1 saturated heterocycles. The molecule has 0 aliphatic carbocycles. The summed E-state index contributed by atoms with van der Waals surface area (Å²) in [6.45, 7) is 3.65. The molecular weight excluding hydrogens is 216 g/mol. The SMILES string of the molecule is Cc1ccc2c(c1)N(C1CCNC1)C(=O)C2=O. The maximum absolute atomic E-state index is 12.0. The molecule has 2 aliphatic heterocycles. The van der Waals surface area contributed by atoms with Gasteiger partial charge in [0.2, 0.25) is 0 Å². The fourth-order valence-electron chi connectivity index (χ4n) is 2.59. The number of nitrogens with zero attached hydrogens (tertiary/aromatic N) is 1. The first kappa shape index (κ1) is 10.5. The zero-order valence-electron chi connectivity index (χ0n) is 9.69. The molecule has 4 heteroatoms. The second-order valence-electron chi connectivity index (χ2n) is 4.67. The molecule has 2 aliphatic rings. The van der Waals surface area contributed by atoms with E-state index in [1.165, 1.54) is 0 Å². The third kappa shape index (κ3) is 1.48. The minimum Gasteiger partial charge on any atom is -0.315 e. The number of hydrogen-bond donors (Lipinski definition) is 1. The zero-order valence-corrected chi connectivity index (χ0v) is 9.69. The lowest BCUT2D eigenvalue weighted by Crippen LogP contribution is -2.40. The van der Waals surface area contributed by atoms with Crippen LogP contribution in [-0.2, 0) is 4.79 Å². The monoisotopic (exact) mass is 230 g/mol. The Hall–Kier alpha value is -1.68. The number of rotatable bonds is 1. The van der Waals surface area contributed by atoms with Crippen molar-refractivity contribution in [1.82, 2.24) is 5.32 Å². The number of anilines is 1. The van der Waals surface area contributed by atoms with E-state index in [-0.39, 0.29) is 17.7 Å². The van der Waals surface area contributed by atoms with E-state index in [0.29, 0.717) is 5.56 Å². The Morgan fingerprint density at radius 1 is 1.35 bits per heavy atom. The van der Waals surface area contributed by atoms with Gasteiger partial charge >= 0.3 is 0 Å². The maximum atomic E-state index is 12.0. The first-order valence-electron chi connectivity index (χ1n) is 5.88. The lowest BCUT2D eigenvalue weighted by atomic mass is 10.1. The smallest absolute Gasteiger partial charge is 0.299 e. The lowest BCUT2D eigenvalue weighted by Gasteiger charge is -2.23. The Labute approximate surface area is 99.6 Å². The number of carbonyl (C=O) groups excluding carboxylic acids is 2. The molecule has 0 bridgehead atoms. The number of benzene rings is 1. The van der Waals surface area contributed by atoms with Crippen molar-refractivity contribution in [3.63, 3.8) is 0 Å². The summed E-state index contributed by atoms with van der Waals surface area (Å²) in [5, 5.41) is 3.22. The summed E-state index contributed by atoms with van der Waals surface area (Å²) < 4.78 is 0. The predicted octanol–water partition coefficient (Wildman–Crippen LogP) is 0.886. The summed E-state index contributed by atoms with van der Waals surface area (Å²) in [6, 6.07) is 5.68. The van der Waals surface area contributed by atoms with E-state index >= 15 is 0 Å². The van der Waals surface area contributed by atoms with Gasteiger partial charge in [0.1, 0.15) is 0 Å². The van der Waals surface area contributed by atoms with Crippen LogP contribution in [0.25, 0.3) is 0 Å². The van der Waals surface area contributed by atoms with Crippen LogP contribution >= 0.6 is 0 Å². The third-order valence-electron chi connectivity index (χ3n) is 3.47. The Morgan fingerprint density at radius 3 is 2.88 bits per heavy atom. The zero-order chi connectivity index (χ0) is 12.0. The molecule has 1 fully saturated rings. The van der Waals surface area contributed by atoms with E-state index in [4.69, 9.17) is 0 Å². The molecule has 0 saturated carbocycles. The number of nitrogens with one attached hydrogen (secondary N) is 1. The summed E-state index contributed by atoms with van der Waals surface area (Å²) in [4.78, 5) is 25.5. The molecule has 17 heavy (non-hydrogen) atoms. The van der Waals surface area contributed by atoms with Crippen LogP contribution in [0.3, 0.4) is 0 Å². The van der Waals surface area contributed by atoms with Crippen molar-refractivity contribution < 1.29 is 9.59 Å². The van der Waals surface area contributed by atoms with Crippen LogP contribution in [0.1, 0.15) is 22.3 Å². The van der Waals surface area contributed by atoms with E-state index in [9.17, 15) is 9.59 Å². The van der Waals surface area contributed by atoms with E-state index in [1.54, 1.807) is 11.0 Å². The Kier molecular flexibility index (Phi) is 2.26. The van der Waals surface area contributed by atoms with Gasteiger partial charge in [-0.3, -0.25) is 9.59 Å². The van der Waals surface area contributed by atoms with Gasteiger partial charge in [0.15, 0.2) is 0 Å². The minimum absolute atomic E-state index is 0.120. The van der Waals surface area contributed by atoms with Crippen LogP contribution in [0.2, 0.25) is 0 Å². The normalized spacial score (nSPS) is 23.4. The van der Waals surface area contributed by atoms with Crippen molar-refractivity contribution in [2.45, 2.75) is 19.4 Å². The van der Waals surface area contributed by atoms with Gasteiger partial charge in [-0.05, 0) is 37.6 Å². The average Bonchev–Trinajstić information content (AvgIpc) is 2.88. The maximum Gasteiger partial charge on any atom is 0.299 e. The number of amides is 1. The molecule has 1 atom stereocenters. The van der Waals surface area contributed by atoms with Crippen molar-refractivity contribution >= 4 is 17.4 Å². The molecule has 0 aromatic heterocycles. The Morgan fingerprint density at radius 2 is 2.18 bits per heavy atom. The molecule has 0 spiro atoms. The van der Waals surface area contributed by atoms with Crippen molar-refractivity contribution in [1.29, 1.82) is 0 Å². The van der Waals surface area contributed by atoms with Crippen molar-refractivity contribution in [3.8, 4) is 0 Å². The van der Waals surface area contributed by atoms with Crippen LogP contribution in [0, 0.1) is 6.92 Å².